The Morgan fingerprint density at radius 3 is 2.11 bits per heavy atom. The topological polar surface area (TPSA) is 75.3 Å². The fourth-order valence-corrected chi connectivity index (χ4v) is 5.67. The van der Waals surface area contributed by atoms with E-state index in [1.54, 1.807) is 54.6 Å². The molecule has 35 heavy (non-hydrogen) atoms. The summed E-state index contributed by atoms with van der Waals surface area (Å²) in [5, 5.41) is 3.05. The largest absolute Gasteiger partial charge is 0.325 e. The summed E-state index contributed by atoms with van der Waals surface area (Å²) in [5.41, 5.74) is 2.75. The molecule has 8 heteroatoms. The summed E-state index contributed by atoms with van der Waals surface area (Å²) in [6, 6.07) is 30.0. The van der Waals surface area contributed by atoms with E-state index in [-0.39, 0.29) is 10.8 Å². The quantitative estimate of drug-likeness (QED) is 0.246. The molecule has 0 aliphatic rings. The molecule has 0 aromatic heterocycles. The fourth-order valence-electron chi connectivity index (χ4n) is 3.39. The van der Waals surface area contributed by atoms with Gasteiger partial charge in [-0.1, -0.05) is 66.2 Å². The van der Waals surface area contributed by atoms with Crippen LogP contribution >= 0.6 is 23.4 Å². The Morgan fingerprint density at radius 1 is 0.829 bits per heavy atom. The highest BCUT2D eigenvalue weighted by atomic mass is 35.5. The number of amides is 1. The van der Waals surface area contributed by atoms with Crippen molar-refractivity contribution >= 4 is 50.7 Å². The van der Waals surface area contributed by atoms with Gasteiger partial charge in [-0.15, -0.1) is 11.8 Å². The van der Waals surface area contributed by atoms with E-state index in [1.165, 1.54) is 23.9 Å². The monoisotopic (exact) mass is 522 g/mol. The van der Waals surface area contributed by atoms with Crippen molar-refractivity contribution < 1.29 is 13.2 Å². The maximum Gasteiger partial charge on any atom is 0.261 e. The zero-order chi connectivity index (χ0) is 24.8. The first kappa shape index (κ1) is 24.9. The molecule has 0 saturated heterocycles. The smallest absolute Gasteiger partial charge is 0.261 e. The van der Waals surface area contributed by atoms with E-state index in [2.05, 4.69) is 10.0 Å². The average molecular weight is 523 g/mol. The van der Waals surface area contributed by atoms with E-state index >= 15 is 0 Å². The Balaban J connectivity index is 1.53. The molecule has 0 aliphatic carbocycles. The van der Waals surface area contributed by atoms with Crippen LogP contribution in [0.15, 0.2) is 113 Å². The summed E-state index contributed by atoms with van der Waals surface area (Å²) < 4.78 is 27.8. The predicted molar refractivity (Wildman–Crippen MR) is 144 cm³/mol. The van der Waals surface area contributed by atoms with Crippen molar-refractivity contribution in [3.63, 3.8) is 0 Å². The van der Waals surface area contributed by atoms with Crippen molar-refractivity contribution in [1.82, 2.24) is 0 Å². The second-order valence-corrected chi connectivity index (χ2v) is 11.0. The maximum absolute atomic E-state index is 13.3. The van der Waals surface area contributed by atoms with Crippen molar-refractivity contribution in [2.45, 2.75) is 22.0 Å². The highest BCUT2D eigenvalue weighted by molar-refractivity contribution is 8.00. The third kappa shape index (κ3) is 6.25. The van der Waals surface area contributed by atoms with Crippen LogP contribution in [0.25, 0.3) is 0 Å². The van der Waals surface area contributed by atoms with Gasteiger partial charge in [0, 0.05) is 21.3 Å². The molecule has 0 bridgehead atoms. The van der Waals surface area contributed by atoms with E-state index in [1.807, 2.05) is 43.3 Å². The van der Waals surface area contributed by atoms with Crippen LogP contribution < -0.4 is 10.0 Å². The number of benzene rings is 4. The Kier molecular flexibility index (Phi) is 7.80. The maximum atomic E-state index is 13.3. The average Bonchev–Trinajstić information content (AvgIpc) is 2.87. The standard InChI is InChI=1S/C27H23ClN2O3S2/c1-19-24(28)13-8-14-25(19)29-27(31)26(20-9-4-2-5-10-20)34-22-17-15-21(16-18-22)30-35(32,33)23-11-6-3-7-12-23/h2-18,26,30H,1H3,(H,29,31). The van der Waals surface area contributed by atoms with Crippen molar-refractivity contribution in [2.75, 3.05) is 10.0 Å². The first-order valence-electron chi connectivity index (χ1n) is 10.8. The minimum Gasteiger partial charge on any atom is -0.325 e. The first-order chi connectivity index (χ1) is 16.8. The van der Waals surface area contributed by atoms with E-state index in [9.17, 15) is 13.2 Å². The summed E-state index contributed by atoms with van der Waals surface area (Å²) >= 11 is 7.60. The highest BCUT2D eigenvalue weighted by Gasteiger charge is 2.23. The lowest BCUT2D eigenvalue weighted by Gasteiger charge is -2.18. The van der Waals surface area contributed by atoms with Crippen LogP contribution in [-0.4, -0.2) is 14.3 Å². The van der Waals surface area contributed by atoms with Gasteiger partial charge in [-0.2, -0.15) is 0 Å². The molecule has 0 spiro atoms. The Labute approximate surface area is 214 Å². The molecule has 5 nitrogen and oxygen atoms in total. The lowest BCUT2D eigenvalue weighted by atomic mass is 10.1. The van der Waals surface area contributed by atoms with Crippen molar-refractivity contribution in [3.05, 3.63) is 119 Å². The van der Waals surface area contributed by atoms with Crippen LogP contribution in [-0.2, 0) is 14.8 Å². The van der Waals surface area contributed by atoms with E-state index < -0.39 is 15.3 Å². The number of halogens is 1. The van der Waals surface area contributed by atoms with Gasteiger partial charge in [0.2, 0.25) is 5.91 Å². The van der Waals surface area contributed by atoms with Crippen molar-refractivity contribution in [3.8, 4) is 0 Å². The van der Waals surface area contributed by atoms with Gasteiger partial charge in [0.15, 0.2) is 0 Å². The van der Waals surface area contributed by atoms with E-state index in [4.69, 9.17) is 11.6 Å². The minimum absolute atomic E-state index is 0.180. The van der Waals surface area contributed by atoms with Gasteiger partial charge < -0.3 is 5.32 Å². The highest BCUT2D eigenvalue weighted by Crippen LogP contribution is 2.37. The number of sulfonamides is 1. The summed E-state index contributed by atoms with van der Waals surface area (Å²) in [6.45, 7) is 1.86. The molecule has 2 N–H and O–H groups in total. The Morgan fingerprint density at radius 2 is 1.46 bits per heavy atom. The van der Waals surface area contributed by atoms with Gasteiger partial charge in [0.05, 0.1) is 4.90 Å². The van der Waals surface area contributed by atoms with Crippen LogP contribution in [0.4, 0.5) is 11.4 Å². The number of hydrogen-bond donors (Lipinski definition) is 2. The molecule has 0 saturated carbocycles. The van der Waals surface area contributed by atoms with Gasteiger partial charge in [-0.3, -0.25) is 9.52 Å². The molecule has 4 rings (SSSR count). The van der Waals surface area contributed by atoms with E-state index in [0.717, 1.165) is 16.0 Å². The second kappa shape index (κ2) is 11.0. The van der Waals surface area contributed by atoms with Gasteiger partial charge in [0.25, 0.3) is 10.0 Å². The van der Waals surface area contributed by atoms with Crippen molar-refractivity contribution in [1.29, 1.82) is 0 Å². The molecule has 0 aliphatic heterocycles. The number of carbonyl (C=O) groups excluding carboxylic acids is 1. The number of anilines is 2. The van der Waals surface area contributed by atoms with Crippen LogP contribution in [0.2, 0.25) is 5.02 Å². The van der Waals surface area contributed by atoms with Crippen LogP contribution in [0, 0.1) is 6.92 Å². The molecule has 178 valence electrons. The summed E-state index contributed by atoms with van der Waals surface area (Å²) in [7, 11) is -3.68. The molecule has 1 atom stereocenters. The third-order valence-corrected chi connectivity index (χ3v) is 8.35. The summed E-state index contributed by atoms with van der Waals surface area (Å²) in [4.78, 5) is 14.3. The lowest BCUT2D eigenvalue weighted by molar-refractivity contribution is -0.115. The molecule has 1 amide bonds. The molecular formula is C27H23ClN2O3S2. The van der Waals surface area contributed by atoms with Crippen LogP contribution in [0.1, 0.15) is 16.4 Å². The zero-order valence-electron chi connectivity index (χ0n) is 18.8. The van der Waals surface area contributed by atoms with Crippen molar-refractivity contribution in [2.24, 2.45) is 0 Å². The second-order valence-electron chi connectivity index (χ2n) is 7.75. The molecule has 0 radical (unpaired) electrons. The number of nitrogens with one attached hydrogen (secondary N) is 2. The van der Waals surface area contributed by atoms with Gasteiger partial charge in [-0.05, 0) is 66.6 Å². The van der Waals surface area contributed by atoms with Gasteiger partial charge >= 0.3 is 0 Å². The zero-order valence-corrected chi connectivity index (χ0v) is 21.2. The molecule has 0 fully saturated rings. The normalized spacial score (nSPS) is 12.1. The predicted octanol–water partition coefficient (Wildman–Crippen LogP) is 6.92. The van der Waals surface area contributed by atoms with Crippen LogP contribution in [0.5, 0.6) is 0 Å². The third-order valence-electron chi connectivity index (χ3n) is 5.28. The SMILES string of the molecule is Cc1c(Cl)cccc1NC(=O)C(Sc1ccc(NS(=O)(=O)c2ccccc2)cc1)c1ccccc1. The summed E-state index contributed by atoms with van der Waals surface area (Å²) in [6.07, 6.45) is 0. The number of carbonyl (C=O) groups is 1. The van der Waals surface area contributed by atoms with Gasteiger partial charge in [-0.25, -0.2) is 8.42 Å². The summed E-state index contributed by atoms with van der Waals surface area (Å²) in [5.74, 6) is -0.180. The number of rotatable bonds is 8. The van der Waals surface area contributed by atoms with Crippen LogP contribution in [0.3, 0.4) is 0 Å². The molecular weight excluding hydrogens is 500 g/mol. The fraction of sp³-hybridized carbons (Fsp3) is 0.0741. The van der Waals surface area contributed by atoms with Gasteiger partial charge in [0.1, 0.15) is 5.25 Å². The molecule has 0 heterocycles. The molecule has 1 unspecified atom stereocenters. The Hall–Kier alpha value is -3.26. The van der Waals surface area contributed by atoms with E-state index in [0.29, 0.717) is 16.4 Å². The number of hydrogen-bond acceptors (Lipinski definition) is 4. The molecule has 4 aromatic rings. The first-order valence-corrected chi connectivity index (χ1v) is 13.5. The lowest BCUT2D eigenvalue weighted by Crippen LogP contribution is -2.19. The number of thioether (sulfide) groups is 1. The molecule has 4 aromatic carbocycles. The Bertz CT molecular complexity index is 1410. The minimum atomic E-state index is -3.68.